The van der Waals surface area contributed by atoms with Gasteiger partial charge in [0.25, 0.3) is 5.91 Å². The van der Waals surface area contributed by atoms with E-state index in [2.05, 4.69) is 5.32 Å². The number of methoxy groups -OCH3 is 1. The van der Waals surface area contributed by atoms with Crippen LogP contribution in [-0.2, 0) is 24.6 Å². The van der Waals surface area contributed by atoms with Crippen molar-refractivity contribution in [2.24, 2.45) is 0 Å². The zero-order valence-corrected chi connectivity index (χ0v) is 17.9. The summed E-state index contributed by atoms with van der Waals surface area (Å²) in [5.41, 5.74) is -0.514. The van der Waals surface area contributed by atoms with Crippen LogP contribution in [0.5, 0.6) is 0 Å². The summed E-state index contributed by atoms with van der Waals surface area (Å²) in [6, 6.07) is 13.1. The second-order valence-corrected chi connectivity index (χ2v) is 7.41. The van der Waals surface area contributed by atoms with Crippen molar-refractivity contribution < 1.29 is 29.0 Å². The van der Waals surface area contributed by atoms with E-state index >= 15 is 0 Å². The minimum atomic E-state index is -1.89. The van der Waals surface area contributed by atoms with Crippen molar-refractivity contribution in [2.45, 2.75) is 38.5 Å². The first-order valence-corrected chi connectivity index (χ1v) is 10.0. The molecule has 0 fully saturated rings. The number of carbonyl (C=O) groups excluding carboxylic acids is 3. The highest BCUT2D eigenvalue weighted by atomic mass is 16.5. The summed E-state index contributed by atoms with van der Waals surface area (Å²) < 4.78 is 9.89. The van der Waals surface area contributed by atoms with Crippen LogP contribution in [0.25, 0.3) is 0 Å². The average molecular weight is 426 g/mol. The smallest absolute Gasteiger partial charge is 0.339 e. The number of para-hydroxylation sites is 2. The third kappa shape index (κ3) is 3.63. The van der Waals surface area contributed by atoms with E-state index in [-0.39, 0.29) is 23.9 Å². The number of rotatable bonds is 7. The molecular weight excluding hydrogens is 400 g/mol. The van der Waals surface area contributed by atoms with Crippen molar-refractivity contribution in [1.29, 1.82) is 0 Å². The number of hydrogen-bond acceptors (Lipinski definition) is 7. The number of anilines is 2. The number of hydrogen-bond donors (Lipinski definition) is 2. The molecule has 31 heavy (non-hydrogen) atoms. The Morgan fingerprint density at radius 3 is 2.42 bits per heavy atom. The summed E-state index contributed by atoms with van der Waals surface area (Å²) >= 11 is 0. The van der Waals surface area contributed by atoms with Gasteiger partial charge in [-0.2, -0.15) is 0 Å². The van der Waals surface area contributed by atoms with Crippen LogP contribution in [0.15, 0.2) is 48.5 Å². The Hall–Kier alpha value is -3.39. The molecule has 0 spiro atoms. The Morgan fingerprint density at radius 2 is 1.77 bits per heavy atom. The third-order valence-electron chi connectivity index (χ3n) is 5.25. The van der Waals surface area contributed by atoms with Crippen molar-refractivity contribution in [2.75, 3.05) is 23.9 Å². The normalized spacial score (nSPS) is 18.5. The molecule has 0 unspecified atom stereocenters. The van der Waals surface area contributed by atoms with Crippen molar-refractivity contribution in [3.05, 3.63) is 59.7 Å². The van der Waals surface area contributed by atoms with Crippen LogP contribution in [0.1, 0.15) is 36.7 Å². The van der Waals surface area contributed by atoms with Gasteiger partial charge in [-0.25, -0.2) is 9.59 Å². The van der Waals surface area contributed by atoms with Crippen molar-refractivity contribution >= 4 is 29.2 Å². The second kappa shape index (κ2) is 8.77. The zero-order chi connectivity index (χ0) is 22.8. The van der Waals surface area contributed by atoms with Gasteiger partial charge < -0.3 is 24.8 Å². The molecule has 2 aromatic carbocycles. The van der Waals surface area contributed by atoms with Crippen molar-refractivity contribution in [3.8, 4) is 0 Å². The summed E-state index contributed by atoms with van der Waals surface area (Å²) in [4.78, 5) is 40.3. The van der Waals surface area contributed by atoms with Gasteiger partial charge in [-0.1, -0.05) is 30.3 Å². The third-order valence-corrected chi connectivity index (χ3v) is 5.25. The predicted molar refractivity (Wildman–Crippen MR) is 115 cm³/mol. The summed E-state index contributed by atoms with van der Waals surface area (Å²) in [7, 11) is 1.25. The quantitative estimate of drug-likeness (QED) is 0.655. The lowest BCUT2D eigenvalue weighted by atomic mass is 9.84. The van der Waals surface area contributed by atoms with E-state index in [1.807, 2.05) is 13.8 Å². The second-order valence-electron chi connectivity index (χ2n) is 7.41. The first-order valence-electron chi connectivity index (χ1n) is 10.0. The van der Waals surface area contributed by atoms with E-state index in [0.717, 1.165) is 0 Å². The summed E-state index contributed by atoms with van der Waals surface area (Å²) in [6.45, 7) is 5.32. The number of benzene rings is 2. The molecule has 8 heteroatoms. The predicted octanol–water partition coefficient (Wildman–Crippen LogP) is 2.46. The number of nitrogens with zero attached hydrogens (tertiary/aromatic N) is 1. The monoisotopic (exact) mass is 426 g/mol. The minimum absolute atomic E-state index is 0.0362. The Labute approximate surface area is 180 Å². The number of fused-ring (bicyclic) bond motifs is 1. The maximum absolute atomic E-state index is 13.8. The summed E-state index contributed by atoms with van der Waals surface area (Å²) in [5, 5.41) is 14.2. The summed E-state index contributed by atoms with van der Waals surface area (Å²) in [6.07, 6.45) is -1.87. The molecule has 0 aliphatic carbocycles. The van der Waals surface area contributed by atoms with E-state index in [1.165, 1.54) is 18.1 Å². The molecule has 164 valence electrons. The average Bonchev–Trinajstić information content (AvgIpc) is 3.02. The number of nitrogens with one attached hydrogen (secondary N) is 1. The number of ether oxygens (including phenoxy) is 2. The Morgan fingerprint density at radius 1 is 1.13 bits per heavy atom. The van der Waals surface area contributed by atoms with Gasteiger partial charge in [0.05, 0.1) is 25.0 Å². The molecule has 0 saturated heterocycles. The fourth-order valence-corrected chi connectivity index (χ4v) is 3.89. The molecule has 1 aliphatic heterocycles. The van der Waals surface area contributed by atoms with Crippen LogP contribution in [0.3, 0.4) is 0 Å². The topological polar surface area (TPSA) is 105 Å². The Bertz CT molecular complexity index is 1010. The number of esters is 2. The van der Waals surface area contributed by atoms with E-state index in [0.29, 0.717) is 11.3 Å². The van der Waals surface area contributed by atoms with E-state index in [1.54, 1.807) is 49.4 Å². The van der Waals surface area contributed by atoms with Crippen LogP contribution >= 0.6 is 0 Å². The lowest BCUT2D eigenvalue weighted by molar-refractivity contribution is -0.159. The van der Waals surface area contributed by atoms with Gasteiger partial charge in [0, 0.05) is 17.3 Å². The van der Waals surface area contributed by atoms with E-state index in [4.69, 9.17) is 9.47 Å². The molecular formula is C23H26N2O6. The van der Waals surface area contributed by atoms with Gasteiger partial charge in [0.15, 0.2) is 11.6 Å². The largest absolute Gasteiger partial charge is 0.465 e. The molecule has 0 radical (unpaired) electrons. The van der Waals surface area contributed by atoms with Gasteiger partial charge in [0.1, 0.15) is 0 Å². The molecule has 2 aromatic rings. The highest BCUT2D eigenvalue weighted by molar-refractivity contribution is 6.13. The van der Waals surface area contributed by atoms with Crippen LogP contribution in [0, 0.1) is 0 Å². The maximum Gasteiger partial charge on any atom is 0.339 e. The fraction of sp³-hybridized carbons (Fsp3) is 0.348. The van der Waals surface area contributed by atoms with E-state index < -0.39 is 29.5 Å². The van der Waals surface area contributed by atoms with Crippen molar-refractivity contribution in [1.82, 2.24) is 0 Å². The number of amides is 1. The highest BCUT2D eigenvalue weighted by Crippen LogP contribution is 2.46. The molecule has 0 aromatic heterocycles. The van der Waals surface area contributed by atoms with Gasteiger partial charge >= 0.3 is 11.9 Å². The van der Waals surface area contributed by atoms with Gasteiger partial charge in [0.2, 0.25) is 0 Å². The highest BCUT2D eigenvalue weighted by Gasteiger charge is 2.59. The Kier molecular flexibility index (Phi) is 6.31. The SMILES string of the molecule is CCOC(=O)[C@@H](O)[C@]1(Nc2ccccc2C(=O)OC)C(=O)N(C(C)C)c2ccccc21. The van der Waals surface area contributed by atoms with Crippen LogP contribution in [-0.4, -0.2) is 48.8 Å². The lowest BCUT2D eigenvalue weighted by Gasteiger charge is -2.35. The maximum atomic E-state index is 13.8. The van der Waals surface area contributed by atoms with Gasteiger partial charge in [-0.3, -0.25) is 4.79 Å². The molecule has 1 aliphatic rings. The van der Waals surface area contributed by atoms with Crippen LogP contribution in [0.4, 0.5) is 11.4 Å². The molecule has 2 atom stereocenters. The molecule has 3 rings (SSSR count). The standard InChI is InChI=1S/C23H26N2O6/c1-5-31-21(28)19(26)23(24-17-12-8-6-10-15(17)20(27)30-4)16-11-7-9-13-18(16)25(14(2)3)22(23)29/h6-14,19,24,26H,5H2,1-4H3/t19-,23+/m1/s1. The molecule has 8 nitrogen and oxygen atoms in total. The van der Waals surface area contributed by atoms with Gasteiger partial charge in [-0.05, 0) is 39.0 Å². The van der Waals surface area contributed by atoms with Crippen LogP contribution < -0.4 is 10.2 Å². The van der Waals surface area contributed by atoms with E-state index in [9.17, 15) is 19.5 Å². The van der Waals surface area contributed by atoms with Crippen molar-refractivity contribution in [3.63, 3.8) is 0 Å². The first-order chi connectivity index (χ1) is 14.8. The Balaban J connectivity index is 2.25. The molecule has 2 N–H and O–H groups in total. The molecule has 1 amide bonds. The zero-order valence-electron chi connectivity index (χ0n) is 17.9. The minimum Gasteiger partial charge on any atom is -0.465 e. The number of carbonyl (C=O) groups is 3. The first kappa shape index (κ1) is 22.3. The van der Waals surface area contributed by atoms with Gasteiger partial charge in [-0.15, -0.1) is 0 Å². The number of aliphatic hydroxyl groups is 1. The van der Waals surface area contributed by atoms with Crippen LogP contribution in [0.2, 0.25) is 0 Å². The molecule has 0 bridgehead atoms. The number of aliphatic hydroxyl groups excluding tert-OH is 1. The fourth-order valence-electron chi connectivity index (χ4n) is 3.89. The summed E-state index contributed by atoms with van der Waals surface area (Å²) in [5.74, 6) is -2.09. The molecule has 0 saturated carbocycles. The molecule has 1 heterocycles. The lowest BCUT2D eigenvalue weighted by Crippen LogP contribution is -2.58.